The van der Waals surface area contributed by atoms with Gasteiger partial charge in [-0.1, -0.05) is 0 Å². The lowest BCUT2D eigenvalue weighted by Gasteiger charge is -2.36. The molecule has 0 radical (unpaired) electrons. The number of hydrogen-bond acceptors (Lipinski definition) is 7. The van der Waals surface area contributed by atoms with Crippen LogP contribution >= 0.6 is 11.3 Å². The van der Waals surface area contributed by atoms with Crippen LogP contribution in [0.1, 0.15) is 47.3 Å². The molecule has 0 bridgehead atoms. The molecule has 226 valence electrons. The van der Waals surface area contributed by atoms with Crippen molar-refractivity contribution >= 4 is 23.0 Å². The standard InChI is InChI=1S/C29H32F5N5O2S/c1-18-3-2-7-39(18)17-24-28(19-13-20(29(32,33)34)15-21(30)14-19)36-25(42-24)16-22-27(31)23(4-6-35-22)38-11-9-37(10-12-38)8-5-26(40)41/h4,6,13-15,18H,2-3,5,7-12,16-17H2,1H3,(H,40,41)/t18-/m1/s1. The van der Waals surface area contributed by atoms with E-state index in [0.717, 1.165) is 31.5 Å². The zero-order valence-corrected chi connectivity index (χ0v) is 23.9. The molecule has 2 fully saturated rings. The van der Waals surface area contributed by atoms with Crippen molar-refractivity contribution in [2.75, 3.05) is 44.2 Å². The molecule has 4 heterocycles. The summed E-state index contributed by atoms with van der Waals surface area (Å²) in [7, 11) is 0. The quantitative estimate of drug-likeness (QED) is 0.314. The number of alkyl halides is 3. The SMILES string of the molecule is C[C@@H]1CCCN1Cc1sc(Cc2nccc(N3CCN(CCC(=O)O)CC3)c2F)nc1-c1cc(F)cc(C(F)(F)F)c1. The maximum absolute atomic E-state index is 15.7. The first kappa shape index (κ1) is 30.3. The highest BCUT2D eigenvalue weighted by atomic mass is 32.1. The van der Waals surface area contributed by atoms with Gasteiger partial charge in [0.05, 0.1) is 34.1 Å². The van der Waals surface area contributed by atoms with E-state index in [9.17, 15) is 22.4 Å². The second-order valence-corrected chi connectivity index (χ2v) is 12.0. The average Bonchev–Trinajstić information content (AvgIpc) is 3.53. The van der Waals surface area contributed by atoms with Gasteiger partial charge in [-0.3, -0.25) is 19.6 Å². The minimum atomic E-state index is -4.71. The second kappa shape index (κ2) is 12.6. The summed E-state index contributed by atoms with van der Waals surface area (Å²) >= 11 is 1.28. The lowest BCUT2D eigenvalue weighted by atomic mass is 10.1. The van der Waals surface area contributed by atoms with Gasteiger partial charge in [0.2, 0.25) is 0 Å². The summed E-state index contributed by atoms with van der Waals surface area (Å²) in [6.07, 6.45) is -1.09. The van der Waals surface area contributed by atoms with Gasteiger partial charge in [0.15, 0.2) is 5.82 Å². The Morgan fingerprint density at radius 2 is 1.88 bits per heavy atom. The van der Waals surface area contributed by atoms with Crippen molar-refractivity contribution in [2.45, 2.75) is 51.4 Å². The van der Waals surface area contributed by atoms with Crippen molar-refractivity contribution in [3.05, 3.63) is 63.2 Å². The third kappa shape index (κ3) is 7.07. The molecule has 0 unspecified atom stereocenters. The van der Waals surface area contributed by atoms with E-state index in [-0.39, 0.29) is 29.8 Å². The van der Waals surface area contributed by atoms with Crippen LogP contribution in [0.2, 0.25) is 0 Å². The van der Waals surface area contributed by atoms with E-state index in [0.29, 0.717) is 66.9 Å². The van der Waals surface area contributed by atoms with E-state index in [1.54, 1.807) is 6.07 Å². The molecule has 5 rings (SSSR count). The minimum Gasteiger partial charge on any atom is -0.481 e. The Bertz CT molecular complexity index is 1420. The molecule has 2 aliphatic heterocycles. The van der Waals surface area contributed by atoms with E-state index >= 15 is 4.39 Å². The van der Waals surface area contributed by atoms with Crippen LogP contribution in [0, 0.1) is 11.6 Å². The molecule has 0 saturated carbocycles. The molecule has 2 saturated heterocycles. The Labute approximate surface area is 244 Å². The number of piperazine rings is 1. The third-order valence-electron chi connectivity index (χ3n) is 7.89. The zero-order chi connectivity index (χ0) is 30.0. The van der Waals surface area contributed by atoms with E-state index in [4.69, 9.17) is 5.11 Å². The molecule has 0 spiro atoms. The number of nitrogens with zero attached hydrogens (tertiary/aromatic N) is 5. The number of pyridine rings is 1. The number of aliphatic carboxylic acids is 1. The molecule has 42 heavy (non-hydrogen) atoms. The molecular formula is C29H32F5N5O2S. The van der Waals surface area contributed by atoms with Gasteiger partial charge >= 0.3 is 12.1 Å². The first-order valence-electron chi connectivity index (χ1n) is 13.9. The fourth-order valence-corrected chi connectivity index (χ4v) is 6.68. The Morgan fingerprint density at radius 1 is 1.12 bits per heavy atom. The Balaban J connectivity index is 1.41. The van der Waals surface area contributed by atoms with Crippen LogP contribution in [0.4, 0.5) is 27.6 Å². The fourth-order valence-electron chi connectivity index (χ4n) is 5.56. The van der Waals surface area contributed by atoms with Crippen molar-refractivity contribution in [1.29, 1.82) is 0 Å². The number of aromatic nitrogens is 2. The highest BCUT2D eigenvalue weighted by molar-refractivity contribution is 7.12. The third-order valence-corrected chi connectivity index (χ3v) is 8.93. The van der Waals surface area contributed by atoms with Crippen molar-refractivity contribution in [1.82, 2.24) is 19.8 Å². The summed E-state index contributed by atoms with van der Waals surface area (Å²) in [5.74, 6) is -2.35. The molecule has 2 aliphatic rings. The predicted molar refractivity (Wildman–Crippen MR) is 150 cm³/mol. The number of rotatable bonds is 9. The molecule has 13 heteroatoms. The van der Waals surface area contributed by atoms with E-state index in [1.165, 1.54) is 17.5 Å². The van der Waals surface area contributed by atoms with E-state index in [2.05, 4.69) is 21.8 Å². The highest BCUT2D eigenvalue weighted by Crippen LogP contribution is 2.37. The van der Waals surface area contributed by atoms with Gasteiger partial charge < -0.3 is 10.0 Å². The van der Waals surface area contributed by atoms with Crippen molar-refractivity contribution in [3.8, 4) is 11.3 Å². The normalized spacial score (nSPS) is 18.6. The zero-order valence-electron chi connectivity index (χ0n) is 23.1. The number of hydrogen-bond donors (Lipinski definition) is 1. The second-order valence-electron chi connectivity index (χ2n) is 10.8. The number of carboxylic acid groups (broad SMARTS) is 1. The first-order chi connectivity index (χ1) is 20.0. The van der Waals surface area contributed by atoms with Crippen LogP contribution in [0.5, 0.6) is 0 Å². The van der Waals surface area contributed by atoms with Gasteiger partial charge in [-0.25, -0.2) is 13.8 Å². The number of benzene rings is 1. The van der Waals surface area contributed by atoms with Gasteiger partial charge in [0.25, 0.3) is 0 Å². The lowest BCUT2D eigenvalue weighted by molar-refractivity contribution is -0.138. The van der Waals surface area contributed by atoms with E-state index < -0.39 is 29.3 Å². The number of halogens is 5. The van der Waals surface area contributed by atoms with Gasteiger partial charge in [-0.05, 0) is 50.6 Å². The van der Waals surface area contributed by atoms with Gasteiger partial charge in [0, 0.05) is 68.4 Å². The Kier molecular flexibility index (Phi) is 9.09. The predicted octanol–water partition coefficient (Wildman–Crippen LogP) is 5.67. The monoisotopic (exact) mass is 609 g/mol. The van der Waals surface area contributed by atoms with Gasteiger partial charge in [-0.2, -0.15) is 13.2 Å². The van der Waals surface area contributed by atoms with Crippen LogP contribution < -0.4 is 4.90 Å². The topological polar surface area (TPSA) is 72.8 Å². The molecule has 0 aliphatic carbocycles. The number of thiazole rings is 1. The summed E-state index contributed by atoms with van der Waals surface area (Å²) in [4.78, 5) is 26.6. The number of anilines is 1. The number of carboxylic acids is 1. The molecular weight excluding hydrogens is 577 g/mol. The van der Waals surface area contributed by atoms with Crippen molar-refractivity contribution in [2.24, 2.45) is 0 Å². The van der Waals surface area contributed by atoms with Crippen LogP contribution in [0.3, 0.4) is 0 Å². The van der Waals surface area contributed by atoms with Gasteiger partial charge in [0.1, 0.15) is 5.82 Å². The summed E-state index contributed by atoms with van der Waals surface area (Å²) < 4.78 is 70.6. The van der Waals surface area contributed by atoms with E-state index in [1.807, 2.05) is 9.80 Å². The van der Waals surface area contributed by atoms with Gasteiger partial charge in [-0.15, -0.1) is 11.3 Å². The van der Waals surface area contributed by atoms with Crippen LogP contribution in [0.25, 0.3) is 11.3 Å². The van der Waals surface area contributed by atoms with Crippen LogP contribution in [-0.4, -0.2) is 76.2 Å². The molecule has 3 aromatic rings. The first-order valence-corrected chi connectivity index (χ1v) is 14.7. The Hall–Kier alpha value is -3.16. The van der Waals surface area contributed by atoms with Crippen molar-refractivity contribution in [3.63, 3.8) is 0 Å². The number of likely N-dealkylation sites (tertiary alicyclic amines) is 1. The lowest BCUT2D eigenvalue weighted by Crippen LogP contribution is -2.47. The summed E-state index contributed by atoms with van der Waals surface area (Å²) in [5, 5.41) is 9.40. The average molecular weight is 610 g/mol. The fraction of sp³-hybridized carbons (Fsp3) is 0.483. The largest absolute Gasteiger partial charge is 0.481 e. The van der Waals surface area contributed by atoms with Crippen molar-refractivity contribution < 1.29 is 31.9 Å². The number of carbonyl (C=O) groups is 1. The summed E-state index contributed by atoms with van der Waals surface area (Å²) in [6.45, 7) is 6.09. The molecule has 2 aromatic heterocycles. The highest BCUT2D eigenvalue weighted by Gasteiger charge is 2.32. The molecule has 7 nitrogen and oxygen atoms in total. The maximum Gasteiger partial charge on any atom is 0.416 e. The molecule has 0 amide bonds. The van der Waals surface area contributed by atoms with Crippen LogP contribution in [-0.2, 0) is 23.9 Å². The maximum atomic E-state index is 15.7. The molecule has 1 aromatic carbocycles. The minimum absolute atomic E-state index is 0.0346. The van der Waals surface area contributed by atoms with Crippen LogP contribution in [0.15, 0.2) is 30.5 Å². The Morgan fingerprint density at radius 3 is 2.55 bits per heavy atom. The summed E-state index contributed by atoms with van der Waals surface area (Å²) in [6, 6.07) is 4.33. The molecule has 1 N–H and O–H groups in total. The molecule has 1 atom stereocenters. The summed E-state index contributed by atoms with van der Waals surface area (Å²) in [5.41, 5.74) is -0.225. The smallest absolute Gasteiger partial charge is 0.416 e.